The number of fused-ring (bicyclic) bond motifs is 1. The fourth-order valence-corrected chi connectivity index (χ4v) is 3.88. The van der Waals surface area contributed by atoms with E-state index in [0.717, 1.165) is 19.4 Å². The molecule has 0 bridgehead atoms. The molecule has 2 aliphatic heterocycles. The van der Waals surface area contributed by atoms with Gasteiger partial charge in [0.2, 0.25) is 0 Å². The van der Waals surface area contributed by atoms with Crippen LogP contribution >= 0.6 is 11.3 Å². The summed E-state index contributed by atoms with van der Waals surface area (Å²) in [6.07, 6.45) is -1.19. The standard InChI is InChI=1S/C12H17F3N4OS/c13-12(14,15)11-17-4-9(21-11)10(18-16)8-5-19-3-1-2-7(19)6-20-8/h4,7-8,10,18H,1-3,5-6,16H2. The summed E-state index contributed by atoms with van der Waals surface area (Å²) in [5, 5.41) is -0.854. The Morgan fingerprint density at radius 1 is 1.52 bits per heavy atom. The fraction of sp³-hybridized carbons (Fsp3) is 0.750. The van der Waals surface area contributed by atoms with Crippen LogP contribution in [0, 0.1) is 0 Å². The molecule has 0 amide bonds. The third-order valence-electron chi connectivity index (χ3n) is 4.04. The molecule has 21 heavy (non-hydrogen) atoms. The second-order valence-corrected chi connectivity index (χ2v) is 6.43. The van der Waals surface area contributed by atoms with Crippen molar-refractivity contribution in [2.45, 2.75) is 37.2 Å². The highest BCUT2D eigenvalue weighted by atomic mass is 32.1. The van der Waals surface area contributed by atoms with Gasteiger partial charge >= 0.3 is 6.18 Å². The molecule has 1 aromatic heterocycles. The van der Waals surface area contributed by atoms with Gasteiger partial charge in [0, 0.05) is 23.7 Å². The van der Waals surface area contributed by atoms with Crippen LogP contribution in [0.25, 0.3) is 0 Å². The molecule has 0 spiro atoms. The molecule has 2 fully saturated rings. The first-order chi connectivity index (χ1) is 9.99. The van der Waals surface area contributed by atoms with Crippen molar-refractivity contribution in [3.63, 3.8) is 0 Å². The average molecular weight is 322 g/mol. The number of hydrazine groups is 1. The van der Waals surface area contributed by atoms with Crippen molar-refractivity contribution in [2.24, 2.45) is 5.84 Å². The van der Waals surface area contributed by atoms with E-state index in [1.165, 1.54) is 6.20 Å². The summed E-state index contributed by atoms with van der Waals surface area (Å²) in [6, 6.07) is -0.0352. The van der Waals surface area contributed by atoms with Gasteiger partial charge in [-0.15, -0.1) is 11.3 Å². The molecule has 3 N–H and O–H groups in total. The van der Waals surface area contributed by atoms with E-state index in [2.05, 4.69) is 15.3 Å². The van der Waals surface area contributed by atoms with Crippen LogP contribution in [0.4, 0.5) is 13.2 Å². The minimum atomic E-state index is -4.42. The normalized spacial score (nSPS) is 28.6. The van der Waals surface area contributed by atoms with E-state index in [9.17, 15) is 13.2 Å². The number of nitrogens with two attached hydrogens (primary N) is 1. The highest BCUT2D eigenvalue weighted by Gasteiger charge is 2.39. The lowest BCUT2D eigenvalue weighted by Crippen LogP contribution is -2.51. The second-order valence-electron chi connectivity index (χ2n) is 5.37. The number of thiazole rings is 1. The molecule has 5 nitrogen and oxygen atoms in total. The van der Waals surface area contributed by atoms with Gasteiger partial charge in [-0.05, 0) is 19.4 Å². The summed E-state index contributed by atoms with van der Waals surface area (Å²) in [7, 11) is 0. The van der Waals surface area contributed by atoms with Crippen LogP contribution in [0.2, 0.25) is 0 Å². The van der Waals surface area contributed by atoms with Gasteiger partial charge in [-0.2, -0.15) is 13.2 Å². The summed E-state index contributed by atoms with van der Waals surface area (Å²) in [6.45, 7) is 2.30. The first kappa shape index (κ1) is 15.2. The zero-order valence-corrected chi connectivity index (χ0v) is 12.1. The quantitative estimate of drug-likeness (QED) is 0.653. The molecule has 1 aromatic rings. The molecule has 3 rings (SSSR count). The van der Waals surface area contributed by atoms with Crippen LogP contribution < -0.4 is 11.3 Å². The maximum absolute atomic E-state index is 12.6. The van der Waals surface area contributed by atoms with Crippen molar-refractivity contribution < 1.29 is 17.9 Å². The first-order valence-electron chi connectivity index (χ1n) is 6.83. The number of halogens is 3. The third kappa shape index (κ3) is 3.07. The lowest BCUT2D eigenvalue weighted by atomic mass is 10.1. The predicted molar refractivity (Wildman–Crippen MR) is 71.5 cm³/mol. The topological polar surface area (TPSA) is 63.4 Å². The number of alkyl halides is 3. The van der Waals surface area contributed by atoms with E-state index in [0.29, 0.717) is 35.4 Å². The molecule has 0 radical (unpaired) electrons. The predicted octanol–water partition coefficient (Wildman–Crippen LogP) is 1.53. The largest absolute Gasteiger partial charge is 0.443 e. The Labute approximate surface area is 124 Å². The van der Waals surface area contributed by atoms with Gasteiger partial charge in [0.1, 0.15) is 0 Å². The van der Waals surface area contributed by atoms with Crippen LogP contribution in [0.15, 0.2) is 6.20 Å². The Bertz CT molecular complexity index is 495. The van der Waals surface area contributed by atoms with Gasteiger partial charge in [0.15, 0.2) is 5.01 Å². The average Bonchev–Trinajstić information content (AvgIpc) is 3.06. The molecule has 118 valence electrons. The number of nitrogens with one attached hydrogen (secondary N) is 1. The summed E-state index contributed by atoms with van der Waals surface area (Å²) >= 11 is 0.614. The fourth-order valence-electron chi connectivity index (χ4n) is 2.98. The maximum Gasteiger partial charge on any atom is 0.443 e. The third-order valence-corrected chi connectivity index (χ3v) is 5.17. The minimum absolute atomic E-state index is 0.258. The van der Waals surface area contributed by atoms with E-state index in [1.54, 1.807) is 0 Å². The monoisotopic (exact) mass is 322 g/mol. The second kappa shape index (κ2) is 5.81. The number of morpholine rings is 1. The number of hydrogen-bond donors (Lipinski definition) is 2. The van der Waals surface area contributed by atoms with Crippen LogP contribution in [-0.2, 0) is 10.9 Å². The van der Waals surface area contributed by atoms with E-state index < -0.39 is 17.2 Å². The molecule has 3 heterocycles. The molecule has 9 heteroatoms. The van der Waals surface area contributed by atoms with Crippen LogP contribution in [0.3, 0.4) is 0 Å². The zero-order chi connectivity index (χ0) is 15.0. The summed E-state index contributed by atoms with van der Waals surface area (Å²) in [5.74, 6) is 5.54. The Balaban J connectivity index is 1.74. The van der Waals surface area contributed by atoms with Crippen molar-refractivity contribution in [1.82, 2.24) is 15.3 Å². The molecule has 0 aromatic carbocycles. The SMILES string of the molecule is NNC(c1cnc(C(F)(F)F)s1)C1CN2CCCC2CO1. The van der Waals surface area contributed by atoms with E-state index in [4.69, 9.17) is 10.6 Å². The highest BCUT2D eigenvalue weighted by molar-refractivity contribution is 7.11. The lowest BCUT2D eigenvalue weighted by molar-refractivity contribution is -0.137. The van der Waals surface area contributed by atoms with Crippen molar-refractivity contribution >= 4 is 11.3 Å². The van der Waals surface area contributed by atoms with Crippen LogP contribution in [0.1, 0.15) is 28.8 Å². The van der Waals surface area contributed by atoms with Crippen molar-refractivity contribution in [3.8, 4) is 0 Å². The lowest BCUT2D eigenvalue weighted by Gasteiger charge is -2.38. The Morgan fingerprint density at radius 2 is 2.33 bits per heavy atom. The Morgan fingerprint density at radius 3 is 3.00 bits per heavy atom. The smallest absolute Gasteiger partial charge is 0.373 e. The van der Waals surface area contributed by atoms with Gasteiger partial charge in [0.25, 0.3) is 0 Å². The number of aromatic nitrogens is 1. The van der Waals surface area contributed by atoms with Crippen LogP contribution in [0.5, 0.6) is 0 Å². The Hall–Kier alpha value is -0.740. The van der Waals surface area contributed by atoms with Gasteiger partial charge in [-0.1, -0.05) is 0 Å². The molecule has 2 saturated heterocycles. The van der Waals surface area contributed by atoms with Gasteiger partial charge < -0.3 is 4.74 Å². The molecule has 0 aliphatic carbocycles. The van der Waals surface area contributed by atoms with E-state index in [-0.39, 0.29) is 6.10 Å². The van der Waals surface area contributed by atoms with E-state index >= 15 is 0 Å². The van der Waals surface area contributed by atoms with Crippen molar-refractivity contribution in [2.75, 3.05) is 19.7 Å². The van der Waals surface area contributed by atoms with E-state index in [1.807, 2.05) is 0 Å². The number of nitrogens with zero attached hydrogens (tertiary/aromatic N) is 2. The first-order valence-corrected chi connectivity index (χ1v) is 7.65. The Kier molecular flexibility index (Phi) is 4.19. The number of ether oxygens (including phenoxy) is 1. The number of hydrogen-bond acceptors (Lipinski definition) is 6. The summed E-state index contributed by atoms with van der Waals surface area (Å²) in [4.78, 5) is 6.22. The molecule has 3 atom stereocenters. The molecular formula is C12H17F3N4OS. The van der Waals surface area contributed by atoms with Crippen molar-refractivity contribution in [3.05, 3.63) is 16.1 Å². The summed E-state index contributed by atoms with van der Waals surface area (Å²) in [5.41, 5.74) is 2.58. The highest BCUT2D eigenvalue weighted by Crippen LogP contribution is 2.36. The molecule has 3 unspecified atom stereocenters. The molecular weight excluding hydrogens is 305 g/mol. The van der Waals surface area contributed by atoms with Crippen LogP contribution in [-0.4, -0.2) is 41.7 Å². The maximum atomic E-state index is 12.6. The summed E-state index contributed by atoms with van der Waals surface area (Å²) < 4.78 is 43.7. The van der Waals surface area contributed by atoms with Crippen molar-refractivity contribution in [1.29, 1.82) is 0 Å². The minimum Gasteiger partial charge on any atom is -0.373 e. The number of rotatable bonds is 3. The van der Waals surface area contributed by atoms with Gasteiger partial charge in [-0.3, -0.25) is 10.7 Å². The van der Waals surface area contributed by atoms with Gasteiger partial charge in [-0.25, -0.2) is 10.4 Å². The zero-order valence-electron chi connectivity index (χ0n) is 11.3. The van der Waals surface area contributed by atoms with Gasteiger partial charge in [0.05, 0.1) is 18.8 Å². The molecule has 2 aliphatic rings. The molecule has 0 saturated carbocycles.